The third-order valence-corrected chi connectivity index (χ3v) is 5.81. The molecule has 162 valence electrons. The average Bonchev–Trinajstić information content (AvgIpc) is 3.42. The predicted molar refractivity (Wildman–Crippen MR) is 127 cm³/mol. The summed E-state index contributed by atoms with van der Waals surface area (Å²) in [7, 11) is 1.83. The monoisotopic (exact) mass is 523 g/mol. The highest BCUT2D eigenvalue weighted by atomic mass is 127. The summed E-state index contributed by atoms with van der Waals surface area (Å²) in [6.45, 7) is 4.19. The molecule has 4 rings (SSSR count). The van der Waals surface area contributed by atoms with Crippen LogP contribution in [0.5, 0.6) is 0 Å². The second kappa shape index (κ2) is 10.7. The standard InChI is InChI=1S/C21H29N7O.HI/c1-22-21(27-10-7-18(8-11-27)20-24-15-25-26-20)23-13-16-4-2-5-17(12-16)14-28-9-3-6-19(28)29;/h2,4-5,12,15,18H,3,6-11,13-14H2,1H3,(H,22,23)(H,24,25,26);1H. The molecule has 0 atom stereocenters. The molecule has 2 N–H and O–H groups in total. The van der Waals surface area contributed by atoms with Gasteiger partial charge in [-0.3, -0.25) is 14.9 Å². The first-order valence-electron chi connectivity index (χ1n) is 10.4. The van der Waals surface area contributed by atoms with Crippen LogP contribution in [0.25, 0.3) is 0 Å². The van der Waals surface area contributed by atoms with E-state index in [0.717, 1.165) is 57.2 Å². The van der Waals surface area contributed by atoms with E-state index < -0.39 is 0 Å². The summed E-state index contributed by atoms with van der Waals surface area (Å²) in [4.78, 5) is 24.9. The van der Waals surface area contributed by atoms with Crippen LogP contribution < -0.4 is 5.32 Å². The quantitative estimate of drug-likeness (QED) is 0.357. The lowest BCUT2D eigenvalue weighted by Crippen LogP contribution is -2.45. The van der Waals surface area contributed by atoms with Crippen LogP contribution in [0, 0.1) is 0 Å². The fourth-order valence-corrected chi connectivity index (χ4v) is 4.22. The number of aromatic nitrogens is 3. The van der Waals surface area contributed by atoms with Crippen LogP contribution in [-0.2, 0) is 17.9 Å². The molecule has 2 saturated heterocycles. The van der Waals surface area contributed by atoms with Gasteiger partial charge in [0.25, 0.3) is 0 Å². The molecule has 2 aliphatic rings. The molecule has 0 saturated carbocycles. The summed E-state index contributed by atoms with van der Waals surface area (Å²) in [6.07, 6.45) is 5.31. The molecule has 0 aliphatic carbocycles. The first-order valence-corrected chi connectivity index (χ1v) is 10.4. The average molecular weight is 523 g/mol. The molecule has 3 heterocycles. The fourth-order valence-electron chi connectivity index (χ4n) is 4.22. The Kier molecular flexibility index (Phi) is 8.06. The largest absolute Gasteiger partial charge is 0.352 e. The SMILES string of the molecule is CN=C(NCc1cccc(CN2CCCC2=O)c1)N1CCC(c2ncn[nH]2)CC1.I. The minimum atomic E-state index is 0. The van der Waals surface area contributed by atoms with Crippen molar-refractivity contribution in [3.63, 3.8) is 0 Å². The number of carbonyl (C=O) groups is 1. The Morgan fingerprint density at radius 2 is 2.07 bits per heavy atom. The Bertz CT molecular complexity index is 847. The lowest BCUT2D eigenvalue weighted by molar-refractivity contribution is -0.128. The van der Waals surface area contributed by atoms with Gasteiger partial charge in [-0.05, 0) is 30.4 Å². The predicted octanol–water partition coefficient (Wildman–Crippen LogP) is 2.50. The maximum Gasteiger partial charge on any atom is 0.222 e. The van der Waals surface area contributed by atoms with Gasteiger partial charge in [0, 0.05) is 52.1 Å². The second-order valence-corrected chi connectivity index (χ2v) is 7.77. The summed E-state index contributed by atoms with van der Waals surface area (Å²) in [5.41, 5.74) is 2.38. The Morgan fingerprint density at radius 1 is 1.27 bits per heavy atom. The van der Waals surface area contributed by atoms with Crippen molar-refractivity contribution in [3.8, 4) is 0 Å². The van der Waals surface area contributed by atoms with Gasteiger partial charge in [0.05, 0.1) is 0 Å². The third-order valence-electron chi connectivity index (χ3n) is 5.81. The van der Waals surface area contributed by atoms with Crippen LogP contribution in [0.15, 0.2) is 35.6 Å². The van der Waals surface area contributed by atoms with Gasteiger partial charge in [-0.25, -0.2) is 4.98 Å². The zero-order chi connectivity index (χ0) is 20.1. The molecule has 1 amide bonds. The number of piperidine rings is 1. The van der Waals surface area contributed by atoms with Gasteiger partial charge in [-0.2, -0.15) is 5.10 Å². The summed E-state index contributed by atoms with van der Waals surface area (Å²) < 4.78 is 0. The first kappa shape index (κ1) is 22.5. The number of halogens is 1. The Labute approximate surface area is 194 Å². The van der Waals surface area contributed by atoms with Crippen molar-refractivity contribution in [1.29, 1.82) is 0 Å². The molecule has 2 aromatic rings. The number of aromatic amines is 1. The summed E-state index contributed by atoms with van der Waals surface area (Å²) >= 11 is 0. The fraction of sp³-hybridized carbons (Fsp3) is 0.524. The van der Waals surface area contributed by atoms with Crippen molar-refractivity contribution in [2.45, 2.75) is 44.7 Å². The summed E-state index contributed by atoms with van der Waals surface area (Å²) in [6, 6.07) is 8.46. The van der Waals surface area contributed by atoms with Crippen LogP contribution in [0.3, 0.4) is 0 Å². The molecule has 2 fully saturated rings. The van der Waals surface area contributed by atoms with Gasteiger partial charge in [0.15, 0.2) is 5.96 Å². The zero-order valence-electron chi connectivity index (χ0n) is 17.4. The van der Waals surface area contributed by atoms with Gasteiger partial charge in [0.1, 0.15) is 12.2 Å². The van der Waals surface area contributed by atoms with Crippen LogP contribution in [0.1, 0.15) is 48.6 Å². The zero-order valence-corrected chi connectivity index (χ0v) is 19.7. The maximum absolute atomic E-state index is 11.9. The molecule has 9 heteroatoms. The van der Waals surface area contributed by atoms with Crippen LogP contribution >= 0.6 is 24.0 Å². The number of nitrogens with one attached hydrogen (secondary N) is 2. The minimum Gasteiger partial charge on any atom is -0.352 e. The molecule has 30 heavy (non-hydrogen) atoms. The van der Waals surface area contributed by atoms with Gasteiger partial charge in [-0.1, -0.05) is 24.3 Å². The van der Waals surface area contributed by atoms with Crippen molar-refractivity contribution in [2.24, 2.45) is 4.99 Å². The molecule has 0 bridgehead atoms. The number of hydrogen-bond acceptors (Lipinski definition) is 4. The number of hydrogen-bond donors (Lipinski definition) is 2. The van der Waals surface area contributed by atoms with Gasteiger partial charge < -0.3 is 15.1 Å². The lowest BCUT2D eigenvalue weighted by atomic mass is 9.96. The molecule has 2 aliphatic heterocycles. The number of carbonyl (C=O) groups excluding carboxylic acids is 1. The van der Waals surface area contributed by atoms with E-state index in [9.17, 15) is 4.79 Å². The Morgan fingerprint density at radius 3 is 2.73 bits per heavy atom. The van der Waals surface area contributed by atoms with Gasteiger partial charge >= 0.3 is 0 Å². The van der Waals surface area contributed by atoms with E-state index in [1.807, 2.05) is 11.9 Å². The highest BCUT2D eigenvalue weighted by Crippen LogP contribution is 2.25. The number of rotatable bonds is 5. The van der Waals surface area contributed by atoms with Crippen molar-refractivity contribution in [3.05, 3.63) is 47.5 Å². The number of nitrogens with zero attached hydrogens (tertiary/aromatic N) is 5. The highest BCUT2D eigenvalue weighted by Gasteiger charge is 2.24. The Balaban J connectivity index is 0.00000256. The molecular weight excluding hydrogens is 493 g/mol. The third kappa shape index (κ3) is 5.50. The topological polar surface area (TPSA) is 89.5 Å². The Hall–Kier alpha value is -2.17. The van der Waals surface area contributed by atoms with E-state index in [1.165, 1.54) is 11.1 Å². The van der Waals surface area contributed by atoms with Crippen molar-refractivity contribution in [1.82, 2.24) is 30.3 Å². The van der Waals surface area contributed by atoms with E-state index in [-0.39, 0.29) is 29.9 Å². The molecule has 0 radical (unpaired) electrons. The van der Waals surface area contributed by atoms with Crippen molar-refractivity contribution >= 4 is 35.8 Å². The van der Waals surface area contributed by atoms with Gasteiger partial charge in [-0.15, -0.1) is 24.0 Å². The van der Waals surface area contributed by atoms with E-state index in [2.05, 4.69) is 54.7 Å². The van der Waals surface area contributed by atoms with Crippen molar-refractivity contribution < 1.29 is 4.79 Å². The number of H-pyrrole nitrogens is 1. The van der Waals surface area contributed by atoms with E-state index in [4.69, 9.17) is 0 Å². The highest BCUT2D eigenvalue weighted by molar-refractivity contribution is 14.0. The first-order chi connectivity index (χ1) is 14.2. The van der Waals surface area contributed by atoms with Gasteiger partial charge in [0.2, 0.25) is 5.91 Å². The molecule has 1 aromatic heterocycles. The summed E-state index contributed by atoms with van der Waals surface area (Å²) in [5, 5.41) is 10.5. The minimum absolute atomic E-state index is 0. The van der Waals surface area contributed by atoms with E-state index in [0.29, 0.717) is 18.9 Å². The summed E-state index contributed by atoms with van der Waals surface area (Å²) in [5.74, 6) is 2.63. The number of benzene rings is 1. The van der Waals surface area contributed by atoms with E-state index >= 15 is 0 Å². The molecule has 0 spiro atoms. The molecule has 8 nitrogen and oxygen atoms in total. The van der Waals surface area contributed by atoms with Crippen molar-refractivity contribution in [2.75, 3.05) is 26.7 Å². The smallest absolute Gasteiger partial charge is 0.222 e. The molecular formula is C21H30IN7O. The lowest BCUT2D eigenvalue weighted by Gasteiger charge is -2.33. The normalized spacial score (nSPS) is 17.9. The maximum atomic E-state index is 11.9. The number of aliphatic imine (C=N–C) groups is 1. The second-order valence-electron chi connectivity index (χ2n) is 7.77. The number of amides is 1. The molecule has 1 aromatic carbocycles. The molecule has 0 unspecified atom stereocenters. The van der Waals surface area contributed by atoms with Crippen LogP contribution in [0.2, 0.25) is 0 Å². The number of likely N-dealkylation sites (tertiary alicyclic amines) is 2. The van der Waals surface area contributed by atoms with Crippen LogP contribution in [-0.4, -0.2) is 63.5 Å². The van der Waals surface area contributed by atoms with Crippen LogP contribution in [0.4, 0.5) is 0 Å². The van der Waals surface area contributed by atoms with E-state index in [1.54, 1.807) is 6.33 Å². The number of guanidine groups is 1.